The summed E-state index contributed by atoms with van der Waals surface area (Å²) in [6.07, 6.45) is 6.53. The van der Waals surface area contributed by atoms with E-state index in [4.69, 9.17) is 4.74 Å². The summed E-state index contributed by atoms with van der Waals surface area (Å²) in [5.74, 6) is -0.547. The van der Waals surface area contributed by atoms with Crippen molar-refractivity contribution in [1.82, 2.24) is 19.3 Å². The summed E-state index contributed by atoms with van der Waals surface area (Å²) in [6.45, 7) is 6.04. The molecule has 1 saturated heterocycles. The van der Waals surface area contributed by atoms with Gasteiger partial charge in [-0.2, -0.15) is 0 Å². The number of carbonyl (C=O) groups excluding carboxylic acids is 1. The van der Waals surface area contributed by atoms with E-state index < -0.39 is 21.7 Å². The molecule has 1 N–H and O–H groups in total. The zero-order valence-corrected chi connectivity index (χ0v) is 21.4. The SMILES string of the molecule is Cc1ccc(C)c(COCC2CCN(S(=O)(=O)CC(=O)N(O)CCCCc3ncccn3)CC2)c1. The number of sulfonamides is 1. The molecule has 0 saturated carbocycles. The maximum Gasteiger partial charge on any atom is 0.262 e. The second-order valence-electron chi connectivity index (χ2n) is 9.18. The molecule has 3 rings (SSSR count). The first-order valence-electron chi connectivity index (χ1n) is 12.1. The van der Waals surface area contributed by atoms with Gasteiger partial charge >= 0.3 is 0 Å². The molecule has 0 aliphatic carbocycles. The van der Waals surface area contributed by atoms with Crippen molar-refractivity contribution in [2.45, 2.75) is 52.6 Å². The minimum Gasteiger partial charge on any atom is -0.376 e. The molecule has 35 heavy (non-hydrogen) atoms. The Morgan fingerprint density at radius 3 is 2.60 bits per heavy atom. The van der Waals surface area contributed by atoms with Crippen molar-refractivity contribution in [1.29, 1.82) is 0 Å². The van der Waals surface area contributed by atoms with E-state index in [0.29, 0.717) is 69.3 Å². The third-order valence-electron chi connectivity index (χ3n) is 6.32. The van der Waals surface area contributed by atoms with E-state index in [0.717, 1.165) is 0 Å². The Labute approximate surface area is 208 Å². The zero-order chi connectivity index (χ0) is 25.3. The molecule has 1 aromatic heterocycles. The van der Waals surface area contributed by atoms with Crippen LogP contribution in [0.4, 0.5) is 0 Å². The Bertz CT molecular complexity index is 1060. The monoisotopic (exact) mass is 504 g/mol. The number of aromatic nitrogens is 2. The number of amides is 1. The van der Waals surface area contributed by atoms with Crippen LogP contribution in [0.25, 0.3) is 0 Å². The Morgan fingerprint density at radius 1 is 1.17 bits per heavy atom. The highest BCUT2D eigenvalue weighted by Gasteiger charge is 2.31. The molecule has 1 aliphatic rings. The molecule has 10 heteroatoms. The number of benzene rings is 1. The van der Waals surface area contributed by atoms with E-state index in [1.165, 1.54) is 21.0 Å². The number of aryl methyl sites for hydroxylation is 3. The molecule has 0 spiro atoms. The molecular weight excluding hydrogens is 468 g/mol. The van der Waals surface area contributed by atoms with Crippen LogP contribution in [0, 0.1) is 19.8 Å². The summed E-state index contributed by atoms with van der Waals surface area (Å²) in [5, 5.41) is 10.5. The molecule has 0 unspecified atom stereocenters. The van der Waals surface area contributed by atoms with Gasteiger partial charge in [-0.25, -0.2) is 27.8 Å². The largest absolute Gasteiger partial charge is 0.376 e. The van der Waals surface area contributed by atoms with Crippen LogP contribution >= 0.6 is 0 Å². The summed E-state index contributed by atoms with van der Waals surface area (Å²) in [7, 11) is -3.78. The fraction of sp³-hybridized carbons (Fsp3) is 0.560. The van der Waals surface area contributed by atoms with Crippen molar-refractivity contribution < 1.29 is 23.2 Å². The first kappa shape index (κ1) is 27.2. The Balaban J connectivity index is 1.35. The second-order valence-corrected chi connectivity index (χ2v) is 11.2. The van der Waals surface area contributed by atoms with Crippen LogP contribution in [0.2, 0.25) is 0 Å². The molecule has 1 aromatic carbocycles. The van der Waals surface area contributed by atoms with Gasteiger partial charge < -0.3 is 4.74 Å². The van der Waals surface area contributed by atoms with Gasteiger partial charge in [-0.15, -0.1) is 0 Å². The van der Waals surface area contributed by atoms with Gasteiger partial charge in [0.1, 0.15) is 11.6 Å². The normalized spacial score (nSPS) is 15.3. The first-order valence-corrected chi connectivity index (χ1v) is 13.7. The first-order chi connectivity index (χ1) is 16.7. The minimum atomic E-state index is -3.78. The maximum absolute atomic E-state index is 12.7. The van der Waals surface area contributed by atoms with E-state index in [-0.39, 0.29) is 12.5 Å². The van der Waals surface area contributed by atoms with Gasteiger partial charge in [0.25, 0.3) is 5.91 Å². The standard InChI is InChI=1S/C25H36N4O5S/c1-20-7-8-21(2)23(16-20)18-34-17-22-9-14-28(15-10-22)35(32,33)19-25(30)29(31)13-4-3-6-24-26-11-5-12-27-24/h5,7-8,11-12,16,22,31H,3-4,6,9-10,13-15,17-19H2,1-2H3. The topological polar surface area (TPSA) is 113 Å². The van der Waals surface area contributed by atoms with Gasteiger partial charge in [0, 0.05) is 45.1 Å². The number of nitrogens with zero attached hydrogens (tertiary/aromatic N) is 4. The lowest BCUT2D eigenvalue weighted by atomic mass is 9.99. The quantitative estimate of drug-likeness (QED) is 0.269. The number of rotatable bonds is 12. The number of piperidine rings is 1. The van der Waals surface area contributed by atoms with E-state index in [1.54, 1.807) is 18.5 Å². The molecule has 2 heterocycles. The van der Waals surface area contributed by atoms with Gasteiger partial charge in [0.05, 0.1) is 6.61 Å². The van der Waals surface area contributed by atoms with Crippen LogP contribution in [0.1, 0.15) is 48.2 Å². The number of unbranched alkanes of at least 4 members (excludes halogenated alkanes) is 1. The summed E-state index contributed by atoms with van der Waals surface area (Å²) in [5.41, 5.74) is 3.57. The number of hydrogen-bond donors (Lipinski definition) is 1. The average Bonchev–Trinajstić information content (AvgIpc) is 2.84. The Kier molecular flexibility index (Phi) is 10.1. The van der Waals surface area contributed by atoms with Crippen LogP contribution in [-0.4, -0.2) is 70.9 Å². The number of ether oxygens (including phenoxy) is 1. The molecule has 9 nitrogen and oxygen atoms in total. The lowest BCUT2D eigenvalue weighted by Gasteiger charge is -2.31. The zero-order valence-electron chi connectivity index (χ0n) is 20.6. The minimum absolute atomic E-state index is 0.0704. The molecule has 1 aliphatic heterocycles. The summed E-state index contributed by atoms with van der Waals surface area (Å²) < 4.78 is 32.7. The molecule has 0 atom stereocenters. The van der Waals surface area contributed by atoms with Crippen LogP contribution in [0.3, 0.4) is 0 Å². The number of hydroxylamine groups is 2. The van der Waals surface area contributed by atoms with Gasteiger partial charge in [-0.3, -0.25) is 10.0 Å². The molecular formula is C25H36N4O5S. The fourth-order valence-electron chi connectivity index (χ4n) is 4.10. The van der Waals surface area contributed by atoms with Crippen molar-refractivity contribution in [2.75, 3.05) is 32.0 Å². The van der Waals surface area contributed by atoms with Crippen LogP contribution < -0.4 is 0 Å². The lowest BCUT2D eigenvalue weighted by molar-refractivity contribution is -0.162. The van der Waals surface area contributed by atoms with Crippen molar-refractivity contribution >= 4 is 15.9 Å². The molecule has 2 aromatic rings. The third kappa shape index (κ3) is 8.64. The third-order valence-corrected chi connectivity index (χ3v) is 8.08. The van der Waals surface area contributed by atoms with Crippen molar-refractivity contribution in [3.63, 3.8) is 0 Å². The van der Waals surface area contributed by atoms with Gasteiger partial charge in [0.15, 0.2) is 0 Å². The highest BCUT2D eigenvalue weighted by molar-refractivity contribution is 7.89. The Hall–Kier alpha value is -2.40. The molecule has 1 fully saturated rings. The Morgan fingerprint density at radius 2 is 1.89 bits per heavy atom. The van der Waals surface area contributed by atoms with Crippen LogP contribution in [-0.2, 0) is 32.6 Å². The van der Waals surface area contributed by atoms with Crippen molar-refractivity contribution in [3.05, 3.63) is 59.2 Å². The predicted octanol–water partition coefficient (Wildman–Crippen LogP) is 2.89. The van der Waals surface area contributed by atoms with Gasteiger partial charge in [-0.1, -0.05) is 23.8 Å². The van der Waals surface area contributed by atoms with E-state index in [2.05, 4.69) is 42.0 Å². The molecule has 0 radical (unpaired) electrons. The van der Waals surface area contributed by atoms with E-state index >= 15 is 0 Å². The summed E-state index contributed by atoms with van der Waals surface area (Å²) >= 11 is 0. The molecule has 0 bridgehead atoms. The average molecular weight is 505 g/mol. The highest BCUT2D eigenvalue weighted by atomic mass is 32.2. The summed E-state index contributed by atoms with van der Waals surface area (Å²) in [6, 6.07) is 8.04. The molecule has 192 valence electrons. The van der Waals surface area contributed by atoms with Gasteiger partial charge in [-0.05, 0) is 62.6 Å². The smallest absolute Gasteiger partial charge is 0.262 e. The van der Waals surface area contributed by atoms with Crippen LogP contribution in [0.5, 0.6) is 0 Å². The van der Waals surface area contributed by atoms with Crippen molar-refractivity contribution in [3.8, 4) is 0 Å². The lowest BCUT2D eigenvalue weighted by Crippen LogP contribution is -2.44. The van der Waals surface area contributed by atoms with E-state index in [9.17, 15) is 18.4 Å². The number of carbonyl (C=O) groups is 1. The highest BCUT2D eigenvalue weighted by Crippen LogP contribution is 2.21. The number of hydrogen-bond acceptors (Lipinski definition) is 7. The molecule has 1 amide bonds. The maximum atomic E-state index is 12.7. The fourth-order valence-corrected chi connectivity index (χ4v) is 5.51. The van der Waals surface area contributed by atoms with Gasteiger partial charge in [0.2, 0.25) is 10.0 Å². The second kappa shape index (κ2) is 13.1. The predicted molar refractivity (Wildman–Crippen MR) is 132 cm³/mol. The van der Waals surface area contributed by atoms with Crippen LogP contribution in [0.15, 0.2) is 36.7 Å². The van der Waals surface area contributed by atoms with E-state index in [1.807, 2.05) is 0 Å². The van der Waals surface area contributed by atoms with Crippen molar-refractivity contribution in [2.24, 2.45) is 5.92 Å². The summed E-state index contributed by atoms with van der Waals surface area (Å²) in [4.78, 5) is 20.5.